The Labute approximate surface area is 145 Å². The van der Waals surface area contributed by atoms with Crippen LogP contribution in [-0.2, 0) is 0 Å². The van der Waals surface area contributed by atoms with E-state index in [0.29, 0.717) is 22.5 Å². The highest BCUT2D eigenvalue weighted by atomic mass is 32.1. The van der Waals surface area contributed by atoms with E-state index >= 15 is 0 Å². The highest BCUT2D eigenvalue weighted by Crippen LogP contribution is 2.32. The molecule has 24 heavy (non-hydrogen) atoms. The van der Waals surface area contributed by atoms with E-state index in [1.807, 2.05) is 36.4 Å². The fourth-order valence-corrected chi connectivity index (χ4v) is 4.78. The van der Waals surface area contributed by atoms with Gasteiger partial charge in [0.15, 0.2) is 5.78 Å². The Kier molecular flexibility index (Phi) is 3.98. The predicted molar refractivity (Wildman–Crippen MR) is 95.6 cm³/mol. The van der Waals surface area contributed by atoms with Crippen molar-refractivity contribution in [2.24, 2.45) is 0 Å². The van der Waals surface area contributed by atoms with Crippen LogP contribution in [0.4, 0.5) is 0 Å². The van der Waals surface area contributed by atoms with Crippen LogP contribution in [0.3, 0.4) is 0 Å². The molecule has 0 saturated carbocycles. The molecule has 2 fully saturated rings. The lowest BCUT2D eigenvalue weighted by Crippen LogP contribution is -2.42. The second-order valence-electron chi connectivity index (χ2n) is 6.63. The van der Waals surface area contributed by atoms with Crippen molar-refractivity contribution in [1.29, 1.82) is 0 Å². The quantitative estimate of drug-likeness (QED) is 0.840. The van der Waals surface area contributed by atoms with E-state index in [2.05, 4.69) is 10.6 Å². The summed E-state index contributed by atoms with van der Waals surface area (Å²) < 4.78 is 0. The first-order chi connectivity index (χ1) is 11.6. The van der Waals surface area contributed by atoms with E-state index in [4.69, 9.17) is 0 Å². The van der Waals surface area contributed by atoms with Gasteiger partial charge in [0, 0.05) is 34.1 Å². The second-order valence-corrected chi connectivity index (χ2v) is 7.71. The van der Waals surface area contributed by atoms with E-state index in [9.17, 15) is 9.59 Å². The van der Waals surface area contributed by atoms with E-state index < -0.39 is 0 Å². The molecule has 3 heterocycles. The molecule has 124 valence electrons. The molecule has 2 aliphatic rings. The second kappa shape index (κ2) is 6.15. The maximum absolute atomic E-state index is 12.5. The minimum Gasteiger partial charge on any atom is -0.347 e. The summed E-state index contributed by atoms with van der Waals surface area (Å²) in [7, 11) is 0. The Bertz CT molecular complexity index is 798. The van der Waals surface area contributed by atoms with Crippen LogP contribution in [0.2, 0.25) is 0 Å². The number of carbonyl (C=O) groups excluding carboxylic acids is 2. The number of nitrogens with one attached hydrogen (secondary N) is 2. The largest absolute Gasteiger partial charge is 0.347 e. The lowest BCUT2D eigenvalue weighted by Gasteiger charge is -2.21. The Morgan fingerprint density at radius 3 is 2.71 bits per heavy atom. The SMILES string of the molecule is CC(=O)c1ccccc1-c1ccc(C(=O)N[C@@H]2C[C@H]3CC[C@@H]2N3)s1. The molecule has 4 rings (SSSR count). The topological polar surface area (TPSA) is 58.2 Å². The smallest absolute Gasteiger partial charge is 0.261 e. The van der Waals surface area contributed by atoms with Crippen molar-refractivity contribution < 1.29 is 9.59 Å². The summed E-state index contributed by atoms with van der Waals surface area (Å²) in [6.07, 6.45) is 3.40. The Morgan fingerprint density at radius 2 is 2.00 bits per heavy atom. The Hall–Kier alpha value is -1.98. The van der Waals surface area contributed by atoms with E-state index in [-0.39, 0.29) is 17.7 Å². The normalized spacial score (nSPS) is 25.0. The highest BCUT2D eigenvalue weighted by molar-refractivity contribution is 7.17. The van der Waals surface area contributed by atoms with Gasteiger partial charge in [0.25, 0.3) is 5.91 Å². The molecule has 0 aliphatic carbocycles. The van der Waals surface area contributed by atoms with Gasteiger partial charge in [-0.1, -0.05) is 24.3 Å². The molecule has 2 N–H and O–H groups in total. The Balaban J connectivity index is 1.53. The molecule has 2 bridgehead atoms. The molecule has 1 aromatic carbocycles. The number of fused-ring (bicyclic) bond motifs is 2. The zero-order chi connectivity index (χ0) is 16.7. The van der Waals surface area contributed by atoms with Crippen molar-refractivity contribution in [3.63, 3.8) is 0 Å². The highest BCUT2D eigenvalue weighted by Gasteiger charge is 2.39. The third-order valence-electron chi connectivity index (χ3n) is 5.02. The maximum atomic E-state index is 12.5. The van der Waals surface area contributed by atoms with Crippen molar-refractivity contribution in [1.82, 2.24) is 10.6 Å². The number of thiophene rings is 1. The molecule has 1 amide bonds. The van der Waals surface area contributed by atoms with E-state index in [1.54, 1.807) is 6.92 Å². The van der Waals surface area contributed by atoms with Crippen LogP contribution < -0.4 is 10.6 Å². The van der Waals surface area contributed by atoms with Crippen LogP contribution in [0.15, 0.2) is 36.4 Å². The summed E-state index contributed by atoms with van der Waals surface area (Å²) in [6, 6.07) is 12.6. The zero-order valence-electron chi connectivity index (χ0n) is 13.5. The van der Waals surface area contributed by atoms with Gasteiger partial charge in [-0.05, 0) is 38.3 Å². The van der Waals surface area contributed by atoms with Crippen LogP contribution in [0, 0.1) is 0 Å². The number of hydrogen-bond acceptors (Lipinski definition) is 4. The number of ketones is 1. The third-order valence-corrected chi connectivity index (χ3v) is 6.14. The first-order valence-electron chi connectivity index (χ1n) is 8.39. The minimum atomic E-state index is -0.00842. The van der Waals surface area contributed by atoms with Crippen LogP contribution in [-0.4, -0.2) is 29.8 Å². The van der Waals surface area contributed by atoms with Gasteiger partial charge in [0.2, 0.25) is 0 Å². The molecule has 2 aliphatic heterocycles. The van der Waals surface area contributed by atoms with Crippen LogP contribution in [0.25, 0.3) is 10.4 Å². The molecule has 5 heteroatoms. The van der Waals surface area contributed by atoms with Crippen LogP contribution in [0.5, 0.6) is 0 Å². The standard InChI is InChI=1S/C19H20N2O2S/c1-11(22)13-4-2-3-5-14(13)17-8-9-18(24-17)19(23)21-16-10-12-6-7-15(16)20-12/h2-5,8-9,12,15-16,20H,6-7,10H2,1H3,(H,21,23)/t12-,15+,16-/m1/s1. The van der Waals surface area contributed by atoms with Crippen molar-refractivity contribution in [3.05, 3.63) is 46.8 Å². The van der Waals surface area contributed by atoms with E-state index in [0.717, 1.165) is 23.3 Å². The maximum Gasteiger partial charge on any atom is 0.261 e. The minimum absolute atomic E-state index is 0.00842. The first-order valence-corrected chi connectivity index (χ1v) is 9.20. The summed E-state index contributed by atoms with van der Waals surface area (Å²) in [5.74, 6) is 0.0314. The lowest BCUT2D eigenvalue weighted by atomic mass is 9.95. The predicted octanol–water partition coefficient (Wildman–Crippen LogP) is 3.24. The number of hydrogen-bond donors (Lipinski definition) is 2. The van der Waals surface area contributed by atoms with Crippen molar-refractivity contribution in [2.75, 3.05) is 0 Å². The van der Waals surface area contributed by atoms with Gasteiger partial charge >= 0.3 is 0 Å². The lowest BCUT2D eigenvalue weighted by molar-refractivity contribution is 0.0934. The molecule has 1 aromatic heterocycles. The number of carbonyl (C=O) groups is 2. The van der Waals surface area contributed by atoms with Gasteiger partial charge < -0.3 is 10.6 Å². The molecule has 0 radical (unpaired) electrons. The van der Waals surface area contributed by atoms with Gasteiger partial charge in [0.05, 0.1) is 4.88 Å². The number of Topliss-reactive ketones (excluding diaryl/α,β-unsaturated/α-hetero) is 1. The van der Waals surface area contributed by atoms with E-state index in [1.165, 1.54) is 17.8 Å². The van der Waals surface area contributed by atoms with Gasteiger partial charge in [-0.15, -0.1) is 11.3 Å². The Morgan fingerprint density at radius 1 is 1.17 bits per heavy atom. The van der Waals surface area contributed by atoms with Crippen molar-refractivity contribution >= 4 is 23.0 Å². The number of benzene rings is 1. The third kappa shape index (κ3) is 2.78. The van der Waals surface area contributed by atoms with Gasteiger partial charge in [-0.2, -0.15) is 0 Å². The number of amides is 1. The van der Waals surface area contributed by atoms with Crippen LogP contribution in [0.1, 0.15) is 46.2 Å². The van der Waals surface area contributed by atoms with Crippen molar-refractivity contribution in [2.45, 2.75) is 44.3 Å². The fourth-order valence-electron chi connectivity index (χ4n) is 3.83. The molecule has 3 atom stereocenters. The molecule has 4 nitrogen and oxygen atoms in total. The van der Waals surface area contributed by atoms with Gasteiger partial charge in [-0.25, -0.2) is 0 Å². The number of rotatable bonds is 4. The molecule has 2 saturated heterocycles. The zero-order valence-corrected chi connectivity index (χ0v) is 14.4. The van der Waals surface area contributed by atoms with Gasteiger partial charge in [0.1, 0.15) is 0 Å². The van der Waals surface area contributed by atoms with Gasteiger partial charge in [-0.3, -0.25) is 9.59 Å². The molecular weight excluding hydrogens is 320 g/mol. The van der Waals surface area contributed by atoms with Crippen molar-refractivity contribution in [3.8, 4) is 10.4 Å². The molecule has 0 unspecified atom stereocenters. The average Bonchev–Trinajstić information content (AvgIpc) is 3.31. The van der Waals surface area contributed by atoms with Crippen LogP contribution >= 0.6 is 11.3 Å². The summed E-state index contributed by atoms with van der Waals surface area (Å²) in [4.78, 5) is 26.0. The molecule has 0 spiro atoms. The first kappa shape index (κ1) is 15.5. The molecule has 2 aromatic rings. The summed E-state index contributed by atoms with van der Waals surface area (Å²) in [5.41, 5.74) is 1.60. The summed E-state index contributed by atoms with van der Waals surface area (Å²) >= 11 is 1.44. The summed E-state index contributed by atoms with van der Waals surface area (Å²) in [5, 5.41) is 6.71. The monoisotopic (exact) mass is 340 g/mol. The average molecular weight is 340 g/mol. The fraction of sp³-hybridized carbons (Fsp3) is 0.368. The molecular formula is C19H20N2O2S. The summed E-state index contributed by atoms with van der Waals surface area (Å²) in [6.45, 7) is 1.57.